The number of ether oxygens (including phenoxy) is 1. The van der Waals surface area contributed by atoms with Gasteiger partial charge in [0.1, 0.15) is 23.7 Å². The van der Waals surface area contributed by atoms with E-state index in [9.17, 15) is 9.59 Å². The number of carbonyl (C=O) groups is 1. The number of hydrogen-bond acceptors (Lipinski definition) is 5. The largest absolute Gasteiger partial charge is 0.488 e. The van der Waals surface area contributed by atoms with Gasteiger partial charge in [-0.15, -0.1) is 0 Å². The van der Waals surface area contributed by atoms with Gasteiger partial charge in [-0.1, -0.05) is 18.5 Å². The predicted molar refractivity (Wildman–Crippen MR) is 113 cm³/mol. The number of hydrogen-bond donors (Lipinski definition) is 0. The molecule has 0 bridgehead atoms. The van der Waals surface area contributed by atoms with Crippen LogP contribution < -0.4 is 10.3 Å². The third-order valence-electron chi connectivity index (χ3n) is 6.39. The number of pyridine rings is 1. The average Bonchev–Trinajstić information content (AvgIpc) is 2.91. The molecule has 162 valence electrons. The maximum Gasteiger partial charge on any atom is 0.259 e. The zero-order chi connectivity index (χ0) is 21.3. The third-order valence-corrected chi connectivity index (χ3v) is 6.39. The van der Waals surface area contributed by atoms with Crippen LogP contribution in [-0.4, -0.2) is 33.6 Å². The van der Waals surface area contributed by atoms with Gasteiger partial charge in [-0.3, -0.25) is 9.59 Å². The van der Waals surface area contributed by atoms with Gasteiger partial charge < -0.3 is 18.7 Å². The van der Waals surface area contributed by atoms with Gasteiger partial charge in [-0.2, -0.15) is 0 Å². The zero-order valence-electron chi connectivity index (χ0n) is 18.2. The Morgan fingerprint density at radius 2 is 2.07 bits per heavy atom. The second kappa shape index (κ2) is 8.66. The molecule has 4 rings (SSSR count). The molecule has 0 unspecified atom stereocenters. The summed E-state index contributed by atoms with van der Waals surface area (Å²) < 4.78 is 13.1. The number of fused-ring (bicyclic) bond motifs is 1. The number of nitrogens with zero attached hydrogens (tertiary/aromatic N) is 3. The fraction of sp³-hybridized carbons (Fsp3) is 0.609. The molecule has 0 aromatic carbocycles. The summed E-state index contributed by atoms with van der Waals surface area (Å²) in [5, 5.41) is 3.97. The van der Waals surface area contributed by atoms with Crippen LogP contribution in [0.25, 0.3) is 0 Å². The molecular formula is C23H31N3O4. The molecular weight excluding hydrogens is 382 g/mol. The summed E-state index contributed by atoms with van der Waals surface area (Å²) in [6.45, 7) is 8.28. The van der Waals surface area contributed by atoms with Crippen LogP contribution in [0.1, 0.15) is 72.1 Å². The fourth-order valence-corrected chi connectivity index (χ4v) is 4.65. The molecule has 30 heavy (non-hydrogen) atoms. The fourth-order valence-electron chi connectivity index (χ4n) is 4.65. The van der Waals surface area contributed by atoms with Gasteiger partial charge in [0.15, 0.2) is 0 Å². The number of aromatic nitrogens is 2. The van der Waals surface area contributed by atoms with Crippen molar-refractivity contribution in [3.05, 3.63) is 44.7 Å². The molecule has 0 spiro atoms. The van der Waals surface area contributed by atoms with Gasteiger partial charge in [-0.25, -0.2) is 0 Å². The van der Waals surface area contributed by atoms with E-state index >= 15 is 0 Å². The van der Waals surface area contributed by atoms with Crippen LogP contribution in [0, 0.1) is 19.8 Å². The lowest BCUT2D eigenvalue weighted by molar-refractivity contribution is 0.0675. The highest BCUT2D eigenvalue weighted by atomic mass is 16.5. The number of amides is 1. The normalized spacial score (nSPS) is 19.3. The lowest BCUT2D eigenvalue weighted by Gasteiger charge is -2.32. The zero-order valence-corrected chi connectivity index (χ0v) is 18.2. The summed E-state index contributed by atoms with van der Waals surface area (Å²) in [6.07, 6.45) is 5.87. The Morgan fingerprint density at radius 1 is 1.23 bits per heavy atom. The summed E-state index contributed by atoms with van der Waals surface area (Å²) >= 11 is 0. The second-order valence-electron chi connectivity index (χ2n) is 8.72. The minimum atomic E-state index is -0.0933. The van der Waals surface area contributed by atoms with E-state index in [2.05, 4.69) is 12.1 Å². The average molecular weight is 414 g/mol. The topological polar surface area (TPSA) is 77.6 Å². The van der Waals surface area contributed by atoms with E-state index in [1.165, 1.54) is 6.07 Å². The summed E-state index contributed by atoms with van der Waals surface area (Å²) in [5.41, 5.74) is 2.92. The highest BCUT2D eigenvalue weighted by Crippen LogP contribution is 2.29. The van der Waals surface area contributed by atoms with Crippen molar-refractivity contribution < 1.29 is 14.1 Å². The second-order valence-corrected chi connectivity index (χ2v) is 8.72. The standard InChI is InChI=1S/C23H31N3O4/c1-15-8-7-10-25(13-15)23(28)22-19-9-5-4-6-11-26(19)21(27)12-20(22)29-14-18-16(2)24-30-17(18)3/h12,15H,4-11,13-14H2,1-3H3/t15-/m0/s1. The van der Waals surface area contributed by atoms with E-state index in [0.29, 0.717) is 29.5 Å². The van der Waals surface area contributed by atoms with E-state index in [-0.39, 0.29) is 18.1 Å². The first kappa shape index (κ1) is 20.7. The first-order valence-electron chi connectivity index (χ1n) is 11.1. The van der Waals surface area contributed by atoms with Crippen molar-refractivity contribution in [2.75, 3.05) is 13.1 Å². The molecule has 7 heteroatoms. The van der Waals surface area contributed by atoms with Gasteiger partial charge in [0, 0.05) is 31.4 Å². The number of carbonyl (C=O) groups excluding carboxylic acids is 1. The summed E-state index contributed by atoms with van der Waals surface area (Å²) in [5.74, 6) is 1.55. The highest BCUT2D eigenvalue weighted by molar-refractivity contribution is 5.98. The molecule has 1 fully saturated rings. The van der Waals surface area contributed by atoms with Crippen LogP contribution in [-0.2, 0) is 19.6 Å². The minimum Gasteiger partial charge on any atom is -0.488 e. The van der Waals surface area contributed by atoms with Gasteiger partial charge in [0.05, 0.1) is 11.3 Å². The highest BCUT2D eigenvalue weighted by Gasteiger charge is 2.29. The van der Waals surface area contributed by atoms with Crippen molar-refractivity contribution in [1.82, 2.24) is 14.6 Å². The molecule has 0 radical (unpaired) electrons. The summed E-state index contributed by atoms with van der Waals surface area (Å²) in [7, 11) is 0. The Kier molecular flexibility index (Phi) is 5.97. The number of rotatable bonds is 4. The van der Waals surface area contributed by atoms with Crippen LogP contribution in [0.2, 0.25) is 0 Å². The first-order valence-corrected chi connectivity index (χ1v) is 11.1. The molecule has 2 aromatic rings. The van der Waals surface area contributed by atoms with Gasteiger partial charge in [0.2, 0.25) is 0 Å². The molecule has 0 aliphatic carbocycles. The van der Waals surface area contributed by atoms with Crippen molar-refractivity contribution in [3.63, 3.8) is 0 Å². The van der Waals surface area contributed by atoms with Crippen LogP contribution in [0.5, 0.6) is 5.75 Å². The lowest BCUT2D eigenvalue weighted by atomic mass is 9.98. The van der Waals surface area contributed by atoms with Crippen molar-refractivity contribution >= 4 is 5.91 Å². The molecule has 7 nitrogen and oxygen atoms in total. The monoisotopic (exact) mass is 413 g/mol. The smallest absolute Gasteiger partial charge is 0.259 e. The van der Waals surface area contributed by atoms with Gasteiger partial charge in [-0.05, 0) is 51.9 Å². The van der Waals surface area contributed by atoms with Crippen LogP contribution in [0.15, 0.2) is 15.4 Å². The van der Waals surface area contributed by atoms with E-state index in [1.54, 1.807) is 4.57 Å². The maximum atomic E-state index is 13.7. The molecule has 1 saturated heterocycles. The molecule has 0 N–H and O–H groups in total. The molecule has 2 aliphatic heterocycles. The minimum absolute atomic E-state index is 0.0130. The molecule has 0 saturated carbocycles. The Bertz CT molecular complexity index is 972. The van der Waals surface area contributed by atoms with E-state index < -0.39 is 0 Å². The SMILES string of the molecule is Cc1noc(C)c1COc1cc(=O)n2c(c1C(=O)N1CCC[C@H](C)C1)CCCCC2. The molecule has 2 aromatic heterocycles. The molecule has 1 atom stereocenters. The van der Waals surface area contributed by atoms with E-state index in [0.717, 1.165) is 68.6 Å². The Hall–Kier alpha value is -2.57. The van der Waals surface area contributed by atoms with Crippen molar-refractivity contribution in [3.8, 4) is 5.75 Å². The van der Waals surface area contributed by atoms with Gasteiger partial charge in [0.25, 0.3) is 11.5 Å². The molecule has 1 amide bonds. The maximum absolute atomic E-state index is 13.7. The van der Waals surface area contributed by atoms with Crippen molar-refractivity contribution in [1.29, 1.82) is 0 Å². The number of piperidine rings is 1. The van der Waals surface area contributed by atoms with Crippen LogP contribution >= 0.6 is 0 Å². The third kappa shape index (κ3) is 4.02. The van der Waals surface area contributed by atoms with E-state index in [1.807, 2.05) is 18.7 Å². The first-order chi connectivity index (χ1) is 14.5. The van der Waals surface area contributed by atoms with E-state index in [4.69, 9.17) is 9.26 Å². The Balaban J connectivity index is 1.74. The Morgan fingerprint density at radius 3 is 2.80 bits per heavy atom. The van der Waals surface area contributed by atoms with Crippen LogP contribution in [0.4, 0.5) is 0 Å². The van der Waals surface area contributed by atoms with Crippen LogP contribution in [0.3, 0.4) is 0 Å². The Labute approximate surface area is 177 Å². The summed E-state index contributed by atoms with van der Waals surface area (Å²) in [4.78, 5) is 28.5. The van der Waals surface area contributed by atoms with Crippen molar-refractivity contribution in [2.45, 2.75) is 72.4 Å². The lowest BCUT2D eigenvalue weighted by Crippen LogP contribution is -2.40. The summed E-state index contributed by atoms with van der Waals surface area (Å²) in [6, 6.07) is 1.49. The van der Waals surface area contributed by atoms with Gasteiger partial charge >= 0.3 is 0 Å². The number of likely N-dealkylation sites (tertiary alicyclic amines) is 1. The van der Waals surface area contributed by atoms with Crippen molar-refractivity contribution in [2.24, 2.45) is 5.92 Å². The predicted octanol–water partition coefficient (Wildman–Crippen LogP) is 3.63. The molecule has 4 heterocycles. The molecule has 2 aliphatic rings. The number of aryl methyl sites for hydroxylation is 2. The quantitative estimate of drug-likeness (QED) is 0.765.